The molecule has 18 heavy (non-hydrogen) atoms. The molecule has 0 saturated carbocycles. The van der Waals surface area contributed by atoms with Crippen molar-refractivity contribution in [3.8, 4) is 0 Å². The molecule has 0 unspecified atom stereocenters. The van der Waals surface area contributed by atoms with Crippen LogP contribution in [0.4, 0.5) is 5.69 Å². The fourth-order valence-electron chi connectivity index (χ4n) is 2.32. The zero-order valence-corrected chi connectivity index (χ0v) is 11.0. The maximum absolute atomic E-state index is 12.0. The predicted octanol–water partition coefficient (Wildman–Crippen LogP) is 2.97. The summed E-state index contributed by atoms with van der Waals surface area (Å²) in [5, 5.41) is 0. The maximum Gasteiger partial charge on any atom is 0.231 e. The Morgan fingerprint density at radius 3 is 2.83 bits per heavy atom. The summed E-state index contributed by atoms with van der Waals surface area (Å²) in [4.78, 5) is 25.2. The summed E-state index contributed by atoms with van der Waals surface area (Å²) in [6.07, 6.45) is 4.19. The number of fused-ring (bicyclic) bond motifs is 1. The molecule has 1 heterocycles. The summed E-state index contributed by atoms with van der Waals surface area (Å²) in [6, 6.07) is 5.60. The number of ketones is 1. The van der Waals surface area contributed by atoms with E-state index in [4.69, 9.17) is 0 Å². The van der Waals surface area contributed by atoms with Crippen molar-refractivity contribution >= 4 is 17.4 Å². The molecule has 0 radical (unpaired) electrons. The fraction of sp³-hybridized carbons (Fsp3) is 0.467. The number of benzene rings is 1. The molecule has 2 rings (SSSR count). The lowest BCUT2D eigenvalue weighted by Crippen LogP contribution is -2.20. The van der Waals surface area contributed by atoms with Crippen molar-refractivity contribution in [2.75, 3.05) is 11.9 Å². The Morgan fingerprint density at radius 2 is 2.11 bits per heavy atom. The SMILES string of the molecule is CCCCCC(=O)c1ccc2c(c1)CC(=O)N2C. The Bertz CT molecular complexity index is 479. The largest absolute Gasteiger partial charge is 0.315 e. The van der Waals surface area contributed by atoms with Crippen LogP contribution in [-0.4, -0.2) is 18.7 Å². The molecule has 1 aliphatic rings. The number of carbonyl (C=O) groups is 2. The number of likely N-dealkylation sites (N-methyl/N-ethyl adjacent to an activating group) is 1. The van der Waals surface area contributed by atoms with Crippen LogP contribution in [0.5, 0.6) is 0 Å². The standard InChI is InChI=1S/C15H19NO2/c1-3-4-5-6-14(17)11-7-8-13-12(9-11)10-15(18)16(13)2/h7-9H,3-6,10H2,1-2H3. The number of carbonyl (C=O) groups excluding carboxylic acids is 2. The van der Waals surface area contributed by atoms with Crippen LogP contribution in [0, 0.1) is 0 Å². The minimum absolute atomic E-state index is 0.0978. The second-order valence-electron chi connectivity index (χ2n) is 4.85. The van der Waals surface area contributed by atoms with Crippen LogP contribution in [0.15, 0.2) is 18.2 Å². The lowest BCUT2D eigenvalue weighted by atomic mass is 10.0. The smallest absolute Gasteiger partial charge is 0.231 e. The molecule has 96 valence electrons. The lowest BCUT2D eigenvalue weighted by molar-refractivity contribution is -0.117. The van der Waals surface area contributed by atoms with Gasteiger partial charge in [-0.3, -0.25) is 9.59 Å². The van der Waals surface area contributed by atoms with Crippen molar-refractivity contribution in [1.29, 1.82) is 0 Å². The number of nitrogens with zero attached hydrogens (tertiary/aromatic N) is 1. The average Bonchev–Trinajstić information content (AvgIpc) is 2.65. The summed E-state index contributed by atoms with van der Waals surface area (Å²) < 4.78 is 0. The molecular weight excluding hydrogens is 226 g/mol. The molecule has 1 aliphatic heterocycles. The van der Waals surface area contributed by atoms with Gasteiger partial charge < -0.3 is 4.90 Å². The zero-order chi connectivity index (χ0) is 13.1. The average molecular weight is 245 g/mol. The van der Waals surface area contributed by atoms with Crippen LogP contribution in [0.25, 0.3) is 0 Å². The van der Waals surface area contributed by atoms with E-state index in [2.05, 4.69) is 6.92 Å². The van der Waals surface area contributed by atoms with E-state index in [0.717, 1.165) is 36.1 Å². The fourth-order valence-corrected chi connectivity index (χ4v) is 2.32. The Kier molecular flexibility index (Phi) is 3.80. The van der Waals surface area contributed by atoms with Crippen molar-refractivity contribution in [1.82, 2.24) is 0 Å². The predicted molar refractivity (Wildman–Crippen MR) is 72.0 cm³/mol. The third kappa shape index (κ3) is 2.45. The van der Waals surface area contributed by atoms with Gasteiger partial charge in [0.15, 0.2) is 5.78 Å². The zero-order valence-electron chi connectivity index (χ0n) is 11.0. The molecule has 0 spiro atoms. The van der Waals surface area contributed by atoms with Crippen LogP contribution >= 0.6 is 0 Å². The molecule has 0 bridgehead atoms. The number of hydrogen-bond donors (Lipinski definition) is 0. The normalized spacial score (nSPS) is 13.9. The second-order valence-corrected chi connectivity index (χ2v) is 4.85. The highest BCUT2D eigenvalue weighted by atomic mass is 16.2. The van der Waals surface area contributed by atoms with E-state index >= 15 is 0 Å². The molecular formula is C15H19NO2. The quantitative estimate of drug-likeness (QED) is 0.590. The monoisotopic (exact) mass is 245 g/mol. The van der Waals surface area contributed by atoms with Gasteiger partial charge >= 0.3 is 0 Å². The third-order valence-corrected chi connectivity index (χ3v) is 3.49. The van der Waals surface area contributed by atoms with Crippen molar-refractivity contribution in [2.24, 2.45) is 0 Å². The Hall–Kier alpha value is -1.64. The Morgan fingerprint density at radius 1 is 1.33 bits per heavy atom. The minimum atomic E-state index is 0.0978. The van der Waals surface area contributed by atoms with Gasteiger partial charge in [0, 0.05) is 24.7 Å². The topological polar surface area (TPSA) is 37.4 Å². The molecule has 0 aliphatic carbocycles. The minimum Gasteiger partial charge on any atom is -0.315 e. The van der Waals surface area contributed by atoms with Crippen molar-refractivity contribution in [2.45, 2.75) is 39.0 Å². The first-order valence-corrected chi connectivity index (χ1v) is 6.56. The van der Waals surface area contributed by atoms with Gasteiger partial charge in [0.1, 0.15) is 0 Å². The number of anilines is 1. The highest BCUT2D eigenvalue weighted by Gasteiger charge is 2.24. The van der Waals surface area contributed by atoms with Crippen molar-refractivity contribution in [3.63, 3.8) is 0 Å². The highest BCUT2D eigenvalue weighted by molar-refractivity contribution is 6.03. The van der Waals surface area contributed by atoms with Crippen molar-refractivity contribution < 1.29 is 9.59 Å². The number of Topliss-reactive ketones (excluding diaryl/α,β-unsaturated/α-hetero) is 1. The van der Waals surface area contributed by atoms with Crippen molar-refractivity contribution in [3.05, 3.63) is 29.3 Å². The molecule has 1 aromatic rings. The van der Waals surface area contributed by atoms with E-state index in [-0.39, 0.29) is 11.7 Å². The van der Waals surface area contributed by atoms with Crippen LogP contribution in [0.3, 0.4) is 0 Å². The summed E-state index contributed by atoms with van der Waals surface area (Å²) in [7, 11) is 1.77. The van der Waals surface area contributed by atoms with Gasteiger partial charge in [0.2, 0.25) is 5.91 Å². The van der Waals surface area contributed by atoms with Crippen LogP contribution in [-0.2, 0) is 11.2 Å². The van der Waals surface area contributed by atoms with Gasteiger partial charge in [-0.05, 0) is 30.2 Å². The summed E-state index contributed by atoms with van der Waals surface area (Å²) >= 11 is 0. The summed E-state index contributed by atoms with van der Waals surface area (Å²) in [6.45, 7) is 2.13. The lowest BCUT2D eigenvalue weighted by Gasteiger charge is -2.10. The highest BCUT2D eigenvalue weighted by Crippen LogP contribution is 2.28. The first kappa shape index (κ1) is 12.8. The number of hydrogen-bond acceptors (Lipinski definition) is 2. The molecule has 1 aromatic carbocycles. The second kappa shape index (κ2) is 5.34. The van der Waals surface area contributed by atoms with E-state index in [1.165, 1.54) is 0 Å². The van der Waals surface area contributed by atoms with E-state index in [0.29, 0.717) is 12.8 Å². The Labute approximate surface area is 108 Å². The van der Waals surface area contributed by atoms with Crippen LogP contribution < -0.4 is 4.90 Å². The van der Waals surface area contributed by atoms with E-state index in [1.807, 2.05) is 18.2 Å². The van der Waals surface area contributed by atoms with Gasteiger partial charge in [-0.25, -0.2) is 0 Å². The molecule has 1 amide bonds. The van der Waals surface area contributed by atoms with Gasteiger partial charge in [-0.1, -0.05) is 19.8 Å². The molecule has 3 heteroatoms. The van der Waals surface area contributed by atoms with E-state index in [1.54, 1.807) is 11.9 Å². The first-order chi connectivity index (χ1) is 8.63. The Balaban J connectivity index is 2.11. The van der Waals surface area contributed by atoms with E-state index < -0.39 is 0 Å². The molecule has 0 saturated heterocycles. The third-order valence-electron chi connectivity index (χ3n) is 3.49. The van der Waals surface area contributed by atoms with E-state index in [9.17, 15) is 9.59 Å². The molecule has 0 atom stereocenters. The van der Waals surface area contributed by atoms with Gasteiger partial charge in [-0.2, -0.15) is 0 Å². The molecule has 0 aromatic heterocycles. The molecule has 0 fully saturated rings. The number of unbranched alkanes of at least 4 members (excludes halogenated alkanes) is 2. The molecule has 0 N–H and O–H groups in total. The number of rotatable bonds is 5. The van der Waals surface area contributed by atoms with Gasteiger partial charge in [0.05, 0.1) is 6.42 Å². The number of amides is 1. The van der Waals surface area contributed by atoms with Gasteiger partial charge in [-0.15, -0.1) is 0 Å². The summed E-state index contributed by atoms with van der Waals surface area (Å²) in [5.74, 6) is 0.286. The van der Waals surface area contributed by atoms with Crippen LogP contribution in [0.2, 0.25) is 0 Å². The van der Waals surface area contributed by atoms with Gasteiger partial charge in [0.25, 0.3) is 0 Å². The molecule has 3 nitrogen and oxygen atoms in total. The first-order valence-electron chi connectivity index (χ1n) is 6.56. The van der Waals surface area contributed by atoms with Crippen LogP contribution in [0.1, 0.15) is 48.5 Å². The maximum atomic E-state index is 12.0. The summed E-state index contributed by atoms with van der Waals surface area (Å²) in [5.41, 5.74) is 2.65.